The molecule has 0 radical (unpaired) electrons. The van der Waals surface area contributed by atoms with E-state index in [0.717, 1.165) is 35.1 Å². The van der Waals surface area contributed by atoms with Crippen molar-refractivity contribution in [2.45, 2.75) is 37.0 Å². The first-order valence-corrected chi connectivity index (χ1v) is 11.9. The van der Waals surface area contributed by atoms with Gasteiger partial charge >= 0.3 is 0 Å². The van der Waals surface area contributed by atoms with Gasteiger partial charge in [0.15, 0.2) is 5.79 Å². The zero-order valence-electron chi connectivity index (χ0n) is 17.6. The Morgan fingerprint density at radius 3 is 2.84 bits per heavy atom. The number of aryl methyl sites for hydroxylation is 1. The average Bonchev–Trinajstić information content (AvgIpc) is 3.43. The number of thioether (sulfide) groups is 1. The Morgan fingerprint density at radius 1 is 1.23 bits per heavy atom. The summed E-state index contributed by atoms with van der Waals surface area (Å²) in [5.74, 6) is 1.99. The fraction of sp³-hybridized carbons (Fsp3) is 0.375. The summed E-state index contributed by atoms with van der Waals surface area (Å²) < 4.78 is 20.1. The van der Waals surface area contributed by atoms with Crippen LogP contribution < -0.4 is 4.74 Å². The van der Waals surface area contributed by atoms with E-state index in [1.165, 1.54) is 11.1 Å². The highest BCUT2D eigenvalue weighted by atomic mass is 35.5. The molecular weight excluding hydrogens is 432 g/mol. The molecule has 1 aromatic heterocycles. The van der Waals surface area contributed by atoms with Crippen molar-refractivity contribution >= 4 is 23.4 Å². The Balaban J connectivity index is 1.35. The second-order valence-corrected chi connectivity index (χ2v) is 9.16. The highest BCUT2D eigenvalue weighted by molar-refractivity contribution is 7.98. The van der Waals surface area contributed by atoms with E-state index in [9.17, 15) is 0 Å². The topological polar surface area (TPSA) is 45.5 Å². The van der Waals surface area contributed by atoms with Gasteiger partial charge in [0, 0.05) is 35.3 Å². The molecule has 164 valence electrons. The lowest BCUT2D eigenvalue weighted by Gasteiger charge is -2.28. The fourth-order valence-electron chi connectivity index (χ4n) is 3.71. The summed E-state index contributed by atoms with van der Waals surface area (Å²) in [7, 11) is 1.68. The Hall–Kier alpha value is -1.99. The van der Waals surface area contributed by atoms with Gasteiger partial charge in [0.25, 0.3) is 0 Å². The van der Waals surface area contributed by atoms with Gasteiger partial charge in [0.05, 0.1) is 32.7 Å². The molecule has 1 saturated heterocycles. The van der Waals surface area contributed by atoms with Gasteiger partial charge in [0.2, 0.25) is 0 Å². The van der Waals surface area contributed by atoms with Crippen LogP contribution in [0.1, 0.15) is 17.5 Å². The number of benzene rings is 2. The summed E-state index contributed by atoms with van der Waals surface area (Å²) >= 11 is 7.93. The molecule has 7 heteroatoms. The van der Waals surface area contributed by atoms with Crippen LogP contribution in [0.15, 0.2) is 67.3 Å². The van der Waals surface area contributed by atoms with Crippen LogP contribution in [0.5, 0.6) is 5.75 Å². The summed E-state index contributed by atoms with van der Waals surface area (Å²) in [6.45, 7) is 1.22. The maximum absolute atomic E-state index is 6.51. The second-order valence-electron chi connectivity index (χ2n) is 7.69. The molecule has 0 N–H and O–H groups in total. The van der Waals surface area contributed by atoms with E-state index in [1.54, 1.807) is 13.3 Å². The van der Waals surface area contributed by atoms with Crippen LogP contribution in [-0.2, 0) is 28.2 Å². The Morgan fingerprint density at radius 2 is 2.10 bits per heavy atom. The highest BCUT2D eigenvalue weighted by Gasteiger charge is 2.41. The minimum absolute atomic E-state index is 0.0589. The van der Waals surface area contributed by atoms with Gasteiger partial charge in [-0.1, -0.05) is 35.9 Å². The van der Waals surface area contributed by atoms with Crippen molar-refractivity contribution in [2.24, 2.45) is 0 Å². The number of imidazole rings is 1. The van der Waals surface area contributed by atoms with Crippen LogP contribution >= 0.6 is 23.4 Å². The number of nitrogens with zero attached hydrogens (tertiary/aromatic N) is 2. The van der Waals surface area contributed by atoms with E-state index >= 15 is 0 Å². The number of ether oxygens (including phenoxy) is 3. The quantitative estimate of drug-likeness (QED) is 0.416. The molecule has 2 heterocycles. The van der Waals surface area contributed by atoms with E-state index in [2.05, 4.69) is 23.2 Å². The lowest BCUT2D eigenvalue weighted by molar-refractivity contribution is -0.180. The van der Waals surface area contributed by atoms with Gasteiger partial charge in [-0.3, -0.25) is 0 Å². The first-order chi connectivity index (χ1) is 15.1. The minimum atomic E-state index is -0.651. The van der Waals surface area contributed by atoms with Gasteiger partial charge in [-0.2, -0.15) is 11.8 Å². The molecule has 3 aromatic rings. The zero-order valence-corrected chi connectivity index (χ0v) is 19.1. The van der Waals surface area contributed by atoms with E-state index in [1.807, 2.05) is 59.2 Å². The average molecular weight is 459 g/mol. The number of hydrogen-bond donors (Lipinski definition) is 0. The zero-order chi connectivity index (χ0) is 21.5. The summed E-state index contributed by atoms with van der Waals surface area (Å²) in [6, 6.07) is 16.2. The van der Waals surface area contributed by atoms with Gasteiger partial charge in [0.1, 0.15) is 5.75 Å². The van der Waals surface area contributed by atoms with Crippen LogP contribution in [0.3, 0.4) is 0 Å². The van der Waals surface area contributed by atoms with Gasteiger partial charge in [-0.25, -0.2) is 4.98 Å². The van der Waals surface area contributed by atoms with Crippen LogP contribution in [0.25, 0.3) is 0 Å². The molecule has 1 aliphatic rings. The van der Waals surface area contributed by atoms with Crippen molar-refractivity contribution in [2.75, 3.05) is 19.5 Å². The van der Waals surface area contributed by atoms with Gasteiger partial charge in [-0.05, 0) is 41.8 Å². The summed E-state index contributed by atoms with van der Waals surface area (Å²) in [5.41, 5.74) is 2.46. The van der Waals surface area contributed by atoms with Crippen LogP contribution in [0.2, 0.25) is 5.02 Å². The van der Waals surface area contributed by atoms with Crippen molar-refractivity contribution in [3.05, 3.63) is 83.4 Å². The maximum atomic E-state index is 6.51. The predicted octanol–water partition coefficient (Wildman–Crippen LogP) is 5.22. The first-order valence-electron chi connectivity index (χ1n) is 10.4. The first kappa shape index (κ1) is 22.2. The Bertz CT molecular complexity index is 952. The molecule has 31 heavy (non-hydrogen) atoms. The SMILES string of the molecule is COc1ccc(CCC2(Cn3ccnc3)OCC(CSCc3cccc(Cl)c3)O2)cc1. The third-order valence-corrected chi connectivity index (χ3v) is 6.69. The standard InChI is InChI=1S/C24H27ClN2O3S/c1-28-22-7-5-19(6-8-22)9-10-24(17-27-12-11-26-18-27)29-14-23(30-24)16-31-15-20-3-2-4-21(25)13-20/h2-8,11-13,18,23H,9-10,14-17H2,1H3. The fourth-order valence-corrected chi connectivity index (χ4v) is 4.89. The van der Waals surface area contributed by atoms with E-state index in [-0.39, 0.29) is 6.10 Å². The lowest BCUT2D eigenvalue weighted by Crippen LogP contribution is -2.37. The van der Waals surface area contributed by atoms with Crippen molar-refractivity contribution in [1.29, 1.82) is 0 Å². The number of rotatable bonds is 10. The molecule has 1 fully saturated rings. The normalized spacial score (nSPS) is 20.8. The monoisotopic (exact) mass is 458 g/mol. The van der Waals surface area contributed by atoms with Gasteiger partial charge < -0.3 is 18.8 Å². The molecule has 5 nitrogen and oxygen atoms in total. The molecule has 0 saturated carbocycles. The van der Waals surface area contributed by atoms with Crippen molar-refractivity contribution in [1.82, 2.24) is 9.55 Å². The molecule has 2 atom stereocenters. The summed E-state index contributed by atoms with van der Waals surface area (Å²) in [4.78, 5) is 4.17. The van der Waals surface area contributed by atoms with Gasteiger partial charge in [-0.15, -0.1) is 0 Å². The molecule has 1 aliphatic heterocycles. The van der Waals surface area contributed by atoms with Crippen molar-refractivity contribution in [3.8, 4) is 5.75 Å². The van der Waals surface area contributed by atoms with E-state index < -0.39 is 5.79 Å². The third-order valence-electron chi connectivity index (χ3n) is 5.31. The molecule has 0 amide bonds. The molecule has 2 unspecified atom stereocenters. The maximum Gasteiger partial charge on any atom is 0.187 e. The summed E-state index contributed by atoms with van der Waals surface area (Å²) in [6.07, 6.45) is 7.23. The highest BCUT2D eigenvalue weighted by Crippen LogP contribution is 2.33. The molecule has 0 aliphatic carbocycles. The Labute approximate surface area is 192 Å². The smallest absolute Gasteiger partial charge is 0.187 e. The van der Waals surface area contributed by atoms with Crippen molar-refractivity contribution < 1.29 is 14.2 Å². The largest absolute Gasteiger partial charge is 0.497 e. The van der Waals surface area contributed by atoms with Crippen molar-refractivity contribution in [3.63, 3.8) is 0 Å². The number of methoxy groups -OCH3 is 1. The number of aromatic nitrogens is 2. The molecule has 4 rings (SSSR count). The predicted molar refractivity (Wildman–Crippen MR) is 125 cm³/mol. The van der Waals surface area contributed by atoms with E-state index in [0.29, 0.717) is 13.2 Å². The molecule has 2 aromatic carbocycles. The van der Waals surface area contributed by atoms with Crippen LogP contribution in [-0.4, -0.2) is 40.9 Å². The summed E-state index contributed by atoms with van der Waals surface area (Å²) in [5, 5.41) is 0.774. The number of hydrogen-bond acceptors (Lipinski definition) is 5. The molecular formula is C24H27ClN2O3S. The third kappa shape index (κ3) is 6.26. The lowest BCUT2D eigenvalue weighted by atomic mass is 10.0. The minimum Gasteiger partial charge on any atom is -0.497 e. The number of halogens is 1. The van der Waals surface area contributed by atoms with Crippen LogP contribution in [0, 0.1) is 0 Å². The Kier molecular flexibility index (Phi) is 7.56. The molecule has 0 spiro atoms. The molecule has 0 bridgehead atoms. The van der Waals surface area contributed by atoms with Crippen LogP contribution in [0.4, 0.5) is 0 Å². The van der Waals surface area contributed by atoms with E-state index in [4.69, 9.17) is 25.8 Å². The second kappa shape index (κ2) is 10.6.